The summed E-state index contributed by atoms with van der Waals surface area (Å²) in [6.07, 6.45) is 6.17. The van der Waals surface area contributed by atoms with Crippen LogP contribution in [-0.2, 0) is 11.2 Å². The Morgan fingerprint density at radius 3 is 3.16 bits per heavy atom. The van der Waals surface area contributed by atoms with Crippen molar-refractivity contribution in [1.82, 2.24) is 14.9 Å². The topological polar surface area (TPSA) is 58.2 Å². The molecular weight excluding hydrogens is 314 g/mol. The van der Waals surface area contributed by atoms with Crippen LogP contribution in [0.4, 0.5) is 0 Å². The fourth-order valence-electron chi connectivity index (χ4n) is 3.42. The molecule has 2 aromatic heterocycles. The molecule has 25 heavy (non-hydrogen) atoms. The lowest BCUT2D eigenvalue weighted by atomic mass is 9.98. The van der Waals surface area contributed by atoms with Gasteiger partial charge < -0.3 is 14.6 Å². The number of hydrogen-bond donors (Lipinski definition) is 1. The predicted octanol–water partition coefficient (Wildman–Crippen LogP) is 2.89. The molecule has 1 saturated heterocycles. The molecule has 1 amide bonds. The molecule has 1 aliphatic rings. The maximum atomic E-state index is 12.7. The van der Waals surface area contributed by atoms with Gasteiger partial charge in [-0.25, -0.2) is 0 Å². The Morgan fingerprint density at radius 1 is 1.32 bits per heavy atom. The molecule has 0 saturated carbocycles. The van der Waals surface area contributed by atoms with E-state index in [1.165, 1.54) is 10.9 Å². The van der Waals surface area contributed by atoms with Gasteiger partial charge in [0.25, 0.3) is 5.91 Å². The van der Waals surface area contributed by atoms with E-state index in [9.17, 15) is 4.79 Å². The van der Waals surface area contributed by atoms with E-state index in [0.29, 0.717) is 37.8 Å². The summed E-state index contributed by atoms with van der Waals surface area (Å²) in [6, 6.07) is 12.2. The van der Waals surface area contributed by atoms with E-state index in [1.807, 2.05) is 17.2 Å². The molecule has 1 atom stereocenters. The van der Waals surface area contributed by atoms with Gasteiger partial charge in [0, 0.05) is 43.1 Å². The minimum Gasteiger partial charge on any atom is -0.379 e. The predicted molar refractivity (Wildman–Crippen MR) is 96.5 cm³/mol. The van der Waals surface area contributed by atoms with E-state index in [-0.39, 0.29) is 5.91 Å². The SMILES string of the molecule is O=C(c1cccnc1)N1CCOC[C@H](Cc2ccc3[nH]ccc3c2)C1. The van der Waals surface area contributed by atoms with Gasteiger partial charge in [-0.05, 0) is 47.7 Å². The Hall–Kier alpha value is -2.66. The highest BCUT2D eigenvalue weighted by Gasteiger charge is 2.23. The van der Waals surface area contributed by atoms with Gasteiger partial charge in [-0.2, -0.15) is 0 Å². The Morgan fingerprint density at radius 2 is 2.28 bits per heavy atom. The lowest BCUT2D eigenvalue weighted by Gasteiger charge is -2.23. The molecule has 4 rings (SSSR count). The zero-order valence-corrected chi connectivity index (χ0v) is 14.0. The number of hydrogen-bond acceptors (Lipinski definition) is 3. The number of fused-ring (bicyclic) bond motifs is 1. The van der Waals surface area contributed by atoms with Crippen molar-refractivity contribution in [2.45, 2.75) is 6.42 Å². The molecule has 3 heterocycles. The van der Waals surface area contributed by atoms with Gasteiger partial charge in [-0.3, -0.25) is 9.78 Å². The third kappa shape index (κ3) is 3.56. The minimum absolute atomic E-state index is 0.0321. The first-order valence-electron chi connectivity index (χ1n) is 8.62. The lowest BCUT2D eigenvalue weighted by molar-refractivity contribution is 0.0737. The number of nitrogens with one attached hydrogen (secondary N) is 1. The molecule has 1 fully saturated rings. The van der Waals surface area contributed by atoms with Crippen LogP contribution in [0.1, 0.15) is 15.9 Å². The van der Waals surface area contributed by atoms with Crippen molar-refractivity contribution in [2.75, 3.05) is 26.3 Å². The molecule has 128 valence electrons. The van der Waals surface area contributed by atoms with Gasteiger partial charge in [0.2, 0.25) is 0 Å². The fraction of sp³-hybridized carbons (Fsp3) is 0.300. The first-order chi connectivity index (χ1) is 12.3. The summed E-state index contributed by atoms with van der Waals surface area (Å²) in [5.74, 6) is 0.323. The van der Waals surface area contributed by atoms with Crippen LogP contribution < -0.4 is 0 Å². The summed E-state index contributed by atoms with van der Waals surface area (Å²) in [7, 11) is 0. The summed E-state index contributed by atoms with van der Waals surface area (Å²) in [4.78, 5) is 21.9. The Kier molecular flexibility index (Phi) is 4.48. The second-order valence-electron chi connectivity index (χ2n) is 6.54. The summed E-state index contributed by atoms with van der Waals surface area (Å²) >= 11 is 0. The molecule has 0 spiro atoms. The summed E-state index contributed by atoms with van der Waals surface area (Å²) in [5.41, 5.74) is 3.06. The summed E-state index contributed by atoms with van der Waals surface area (Å²) < 4.78 is 5.75. The number of aromatic nitrogens is 2. The van der Waals surface area contributed by atoms with Crippen LogP contribution in [0.5, 0.6) is 0 Å². The number of nitrogens with zero attached hydrogens (tertiary/aromatic N) is 2. The van der Waals surface area contributed by atoms with E-state index >= 15 is 0 Å². The molecule has 0 unspecified atom stereocenters. The van der Waals surface area contributed by atoms with Crippen LogP contribution >= 0.6 is 0 Å². The first-order valence-corrected chi connectivity index (χ1v) is 8.62. The van der Waals surface area contributed by atoms with E-state index in [2.05, 4.69) is 34.2 Å². The molecule has 5 nitrogen and oxygen atoms in total. The van der Waals surface area contributed by atoms with E-state index in [1.54, 1.807) is 18.5 Å². The van der Waals surface area contributed by atoms with Crippen molar-refractivity contribution < 1.29 is 9.53 Å². The zero-order chi connectivity index (χ0) is 17.1. The number of H-pyrrole nitrogens is 1. The van der Waals surface area contributed by atoms with E-state index < -0.39 is 0 Å². The number of pyridine rings is 1. The van der Waals surface area contributed by atoms with Crippen molar-refractivity contribution in [2.24, 2.45) is 5.92 Å². The smallest absolute Gasteiger partial charge is 0.255 e. The largest absolute Gasteiger partial charge is 0.379 e. The standard InChI is InChI=1S/C20H21N3O2/c24-20(18-2-1-6-21-12-18)23-8-9-25-14-16(13-23)10-15-3-4-19-17(11-15)5-7-22-19/h1-7,11-12,16,22H,8-10,13-14H2/t16-/m1/s1. The number of ether oxygens (including phenoxy) is 1. The van der Waals surface area contributed by atoms with Crippen LogP contribution in [0.2, 0.25) is 0 Å². The van der Waals surface area contributed by atoms with Crippen molar-refractivity contribution in [3.63, 3.8) is 0 Å². The van der Waals surface area contributed by atoms with Crippen molar-refractivity contribution in [3.8, 4) is 0 Å². The number of amides is 1. The quantitative estimate of drug-likeness (QED) is 0.801. The van der Waals surface area contributed by atoms with Gasteiger partial charge in [0.15, 0.2) is 0 Å². The maximum absolute atomic E-state index is 12.7. The number of aromatic amines is 1. The highest BCUT2D eigenvalue weighted by Crippen LogP contribution is 2.19. The van der Waals surface area contributed by atoms with Crippen molar-refractivity contribution in [1.29, 1.82) is 0 Å². The molecule has 1 N–H and O–H groups in total. The van der Waals surface area contributed by atoms with Crippen LogP contribution in [0, 0.1) is 5.92 Å². The number of carbonyl (C=O) groups is 1. The first kappa shape index (κ1) is 15.8. The third-order valence-electron chi connectivity index (χ3n) is 4.68. The molecule has 0 aliphatic carbocycles. The molecule has 3 aromatic rings. The van der Waals surface area contributed by atoms with Gasteiger partial charge in [0.05, 0.1) is 18.8 Å². The normalized spacial score (nSPS) is 18.2. The van der Waals surface area contributed by atoms with Gasteiger partial charge in [-0.15, -0.1) is 0 Å². The van der Waals surface area contributed by atoms with Gasteiger partial charge in [-0.1, -0.05) is 6.07 Å². The second kappa shape index (κ2) is 7.07. The van der Waals surface area contributed by atoms with Crippen molar-refractivity contribution in [3.05, 3.63) is 66.1 Å². The fourth-order valence-corrected chi connectivity index (χ4v) is 3.42. The highest BCUT2D eigenvalue weighted by molar-refractivity contribution is 5.93. The van der Waals surface area contributed by atoms with E-state index in [4.69, 9.17) is 4.74 Å². The maximum Gasteiger partial charge on any atom is 0.255 e. The third-order valence-corrected chi connectivity index (χ3v) is 4.68. The Balaban J connectivity index is 1.48. The van der Waals surface area contributed by atoms with Crippen LogP contribution in [0.3, 0.4) is 0 Å². The number of carbonyl (C=O) groups excluding carboxylic acids is 1. The highest BCUT2D eigenvalue weighted by atomic mass is 16.5. The van der Waals surface area contributed by atoms with Crippen LogP contribution in [0.25, 0.3) is 10.9 Å². The van der Waals surface area contributed by atoms with Gasteiger partial charge >= 0.3 is 0 Å². The Bertz CT molecular complexity index is 860. The molecule has 0 bridgehead atoms. The number of benzene rings is 1. The molecule has 1 aromatic carbocycles. The Labute approximate surface area is 146 Å². The average molecular weight is 335 g/mol. The summed E-state index contributed by atoms with van der Waals surface area (Å²) in [5, 5.41) is 1.22. The zero-order valence-electron chi connectivity index (χ0n) is 14.0. The monoisotopic (exact) mass is 335 g/mol. The van der Waals surface area contributed by atoms with Gasteiger partial charge in [0.1, 0.15) is 0 Å². The van der Waals surface area contributed by atoms with Crippen LogP contribution in [0.15, 0.2) is 55.0 Å². The minimum atomic E-state index is 0.0321. The lowest BCUT2D eigenvalue weighted by Crippen LogP contribution is -2.36. The number of rotatable bonds is 3. The molecule has 5 heteroatoms. The second-order valence-corrected chi connectivity index (χ2v) is 6.54. The molecule has 1 aliphatic heterocycles. The average Bonchev–Trinajstić information content (AvgIpc) is 2.99. The molecule has 0 radical (unpaired) electrons. The molecular formula is C20H21N3O2. The van der Waals surface area contributed by atoms with E-state index in [0.717, 1.165) is 11.9 Å². The van der Waals surface area contributed by atoms with Crippen LogP contribution in [-0.4, -0.2) is 47.1 Å². The summed E-state index contributed by atoms with van der Waals surface area (Å²) in [6.45, 7) is 2.60. The van der Waals surface area contributed by atoms with Crippen molar-refractivity contribution >= 4 is 16.8 Å².